The van der Waals surface area contributed by atoms with Crippen LogP contribution in [0.4, 0.5) is 0 Å². The van der Waals surface area contributed by atoms with Gasteiger partial charge in [0.1, 0.15) is 0 Å². The maximum Gasteiger partial charge on any atom is 0.0726 e. The quantitative estimate of drug-likeness (QED) is 0.217. The van der Waals surface area contributed by atoms with Crippen molar-refractivity contribution in [3.63, 3.8) is 0 Å². The van der Waals surface area contributed by atoms with Crippen molar-refractivity contribution in [3.05, 3.63) is 117 Å². The maximum atomic E-state index is 3.81. The molecule has 1 spiro atoms. The molecule has 4 aromatic rings. The summed E-state index contributed by atoms with van der Waals surface area (Å²) in [4.78, 5) is 0. The average Bonchev–Trinajstić information content (AvgIpc) is 3.61. The standard InChI is InChI=1S/C32H25Br/c33-22-10-12-26-25-11-9-21(31-15-13-20(19-31)14-16-31)17-29(25)32(30(26)18-22)27-7-3-1-5-23(27)24-6-2-4-8-28(24)32/h1-12,17-18,20H,13-16,19H2. The fraction of sp³-hybridized carbons (Fsp3) is 0.250. The summed E-state index contributed by atoms with van der Waals surface area (Å²) in [6.07, 6.45) is 6.97. The summed E-state index contributed by atoms with van der Waals surface area (Å²) in [5, 5.41) is 0. The Kier molecular flexibility index (Phi) is 3.56. The second-order valence-electron chi connectivity index (χ2n) is 10.7. The Morgan fingerprint density at radius 1 is 0.606 bits per heavy atom. The highest BCUT2D eigenvalue weighted by atomic mass is 79.9. The van der Waals surface area contributed by atoms with Crippen molar-refractivity contribution in [2.45, 2.75) is 42.9 Å². The molecular formula is C32H25Br. The van der Waals surface area contributed by atoms with Gasteiger partial charge < -0.3 is 0 Å². The van der Waals surface area contributed by atoms with Gasteiger partial charge in [-0.2, -0.15) is 0 Å². The fourth-order valence-electron chi connectivity index (χ4n) is 8.04. The normalized spacial score (nSPS) is 24.6. The Hall–Kier alpha value is -2.64. The van der Waals surface area contributed by atoms with Crippen LogP contribution in [0.15, 0.2) is 89.4 Å². The van der Waals surface area contributed by atoms with E-state index in [1.54, 1.807) is 5.56 Å². The van der Waals surface area contributed by atoms with Gasteiger partial charge in [-0.05, 0) is 106 Å². The van der Waals surface area contributed by atoms with Crippen molar-refractivity contribution in [1.29, 1.82) is 0 Å². The third-order valence-electron chi connectivity index (χ3n) is 9.41. The number of benzene rings is 4. The first kappa shape index (κ1) is 18.7. The van der Waals surface area contributed by atoms with Gasteiger partial charge in [-0.1, -0.05) is 88.7 Å². The van der Waals surface area contributed by atoms with E-state index in [9.17, 15) is 0 Å². The lowest BCUT2D eigenvalue weighted by Gasteiger charge is -2.33. The minimum atomic E-state index is -0.231. The first-order valence-corrected chi connectivity index (χ1v) is 13.1. The molecule has 2 saturated carbocycles. The van der Waals surface area contributed by atoms with Gasteiger partial charge in [0.15, 0.2) is 0 Å². The first-order chi connectivity index (χ1) is 16.2. The largest absolute Gasteiger partial charge is 0.0726 e. The van der Waals surface area contributed by atoms with Crippen LogP contribution in [0.5, 0.6) is 0 Å². The lowest BCUT2D eigenvalue weighted by Crippen LogP contribution is -2.27. The second kappa shape index (κ2) is 6.27. The van der Waals surface area contributed by atoms with Crippen LogP contribution in [0, 0.1) is 5.92 Å². The Bertz CT molecular complexity index is 1420. The van der Waals surface area contributed by atoms with Crippen LogP contribution in [0.25, 0.3) is 22.3 Å². The summed E-state index contributed by atoms with van der Waals surface area (Å²) in [6, 6.07) is 32.7. The van der Waals surface area contributed by atoms with E-state index in [0.29, 0.717) is 5.41 Å². The zero-order chi connectivity index (χ0) is 21.8. The summed E-state index contributed by atoms with van der Waals surface area (Å²) >= 11 is 3.81. The van der Waals surface area contributed by atoms with Gasteiger partial charge in [0.2, 0.25) is 0 Å². The molecule has 4 aliphatic rings. The van der Waals surface area contributed by atoms with Gasteiger partial charge in [-0.25, -0.2) is 0 Å². The molecule has 8 rings (SSSR count). The van der Waals surface area contributed by atoms with Crippen molar-refractivity contribution < 1.29 is 0 Å². The van der Waals surface area contributed by atoms with Crippen molar-refractivity contribution in [2.75, 3.05) is 0 Å². The average molecular weight is 489 g/mol. The summed E-state index contributed by atoms with van der Waals surface area (Å²) in [6.45, 7) is 0. The summed E-state index contributed by atoms with van der Waals surface area (Å²) in [5.41, 5.74) is 13.1. The molecule has 0 amide bonds. The van der Waals surface area contributed by atoms with E-state index < -0.39 is 0 Å². The van der Waals surface area contributed by atoms with Crippen LogP contribution < -0.4 is 0 Å². The lowest BCUT2D eigenvalue weighted by molar-refractivity contribution is 0.418. The summed E-state index contributed by atoms with van der Waals surface area (Å²) in [5.74, 6) is 0.952. The molecule has 0 aromatic heterocycles. The number of rotatable bonds is 1. The first-order valence-electron chi connectivity index (χ1n) is 12.4. The molecule has 0 atom stereocenters. The van der Waals surface area contributed by atoms with E-state index in [1.807, 2.05) is 0 Å². The molecule has 0 nitrogen and oxygen atoms in total. The molecule has 1 heteroatoms. The van der Waals surface area contributed by atoms with Crippen LogP contribution in [0.3, 0.4) is 0 Å². The maximum absolute atomic E-state index is 3.81. The Balaban J connectivity index is 1.50. The number of hydrogen-bond acceptors (Lipinski definition) is 0. The minimum Gasteiger partial charge on any atom is -0.0619 e. The number of fused-ring (bicyclic) bond motifs is 12. The minimum absolute atomic E-state index is 0.231. The van der Waals surface area contributed by atoms with Crippen LogP contribution in [-0.2, 0) is 10.8 Å². The van der Waals surface area contributed by atoms with Gasteiger partial charge >= 0.3 is 0 Å². The SMILES string of the molecule is Brc1ccc2c(c1)C1(c3ccccc3-c3ccccc31)c1cc(C34CCC(CC3)C4)ccc1-2. The highest BCUT2D eigenvalue weighted by Gasteiger charge is 2.53. The highest BCUT2D eigenvalue weighted by molar-refractivity contribution is 9.10. The van der Waals surface area contributed by atoms with Crippen LogP contribution in [-0.4, -0.2) is 0 Å². The molecule has 0 N–H and O–H groups in total. The molecule has 2 bridgehead atoms. The molecule has 160 valence electrons. The number of hydrogen-bond donors (Lipinski definition) is 0. The Morgan fingerprint density at radius 2 is 1.18 bits per heavy atom. The predicted octanol–water partition coefficient (Wildman–Crippen LogP) is 8.62. The molecule has 4 aromatic carbocycles. The lowest BCUT2D eigenvalue weighted by atomic mass is 9.69. The Labute approximate surface area is 203 Å². The van der Waals surface area contributed by atoms with Gasteiger partial charge in [-0.3, -0.25) is 0 Å². The molecule has 0 aliphatic heterocycles. The van der Waals surface area contributed by atoms with E-state index in [1.165, 1.54) is 76.6 Å². The number of halogens is 1. The molecule has 33 heavy (non-hydrogen) atoms. The topological polar surface area (TPSA) is 0 Å². The van der Waals surface area contributed by atoms with E-state index in [4.69, 9.17) is 0 Å². The van der Waals surface area contributed by atoms with E-state index in [2.05, 4.69) is 101 Å². The molecular weight excluding hydrogens is 464 g/mol. The predicted molar refractivity (Wildman–Crippen MR) is 139 cm³/mol. The molecule has 4 aliphatic carbocycles. The van der Waals surface area contributed by atoms with Gasteiger partial charge in [0, 0.05) is 4.47 Å². The van der Waals surface area contributed by atoms with E-state index in [0.717, 1.165) is 10.4 Å². The summed E-state index contributed by atoms with van der Waals surface area (Å²) in [7, 11) is 0. The molecule has 0 saturated heterocycles. The van der Waals surface area contributed by atoms with Crippen molar-refractivity contribution in [3.8, 4) is 22.3 Å². The van der Waals surface area contributed by atoms with Crippen molar-refractivity contribution in [1.82, 2.24) is 0 Å². The molecule has 0 heterocycles. The van der Waals surface area contributed by atoms with Crippen molar-refractivity contribution in [2.24, 2.45) is 5.92 Å². The van der Waals surface area contributed by atoms with Gasteiger partial charge in [0.05, 0.1) is 5.41 Å². The molecule has 0 radical (unpaired) electrons. The van der Waals surface area contributed by atoms with Crippen molar-refractivity contribution >= 4 is 15.9 Å². The Morgan fingerprint density at radius 3 is 1.82 bits per heavy atom. The fourth-order valence-corrected chi connectivity index (χ4v) is 8.40. The van der Waals surface area contributed by atoms with Crippen LogP contribution in [0.2, 0.25) is 0 Å². The summed E-state index contributed by atoms with van der Waals surface area (Å²) < 4.78 is 1.16. The third kappa shape index (κ3) is 2.18. The van der Waals surface area contributed by atoms with Crippen LogP contribution in [0.1, 0.15) is 59.9 Å². The smallest absolute Gasteiger partial charge is 0.0619 e. The molecule has 0 unspecified atom stereocenters. The van der Waals surface area contributed by atoms with E-state index in [-0.39, 0.29) is 5.41 Å². The molecule has 2 fully saturated rings. The van der Waals surface area contributed by atoms with Crippen LogP contribution >= 0.6 is 15.9 Å². The zero-order valence-electron chi connectivity index (χ0n) is 18.6. The van der Waals surface area contributed by atoms with E-state index >= 15 is 0 Å². The zero-order valence-corrected chi connectivity index (χ0v) is 20.2. The van der Waals surface area contributed by atoms with Gasteiger partial charge in [-0.15, -0.1) is 0 Å². The second-order valence-corrected chi connectivity index (χ2v) is 11.6. The monoisotopic (exact) mass is 488 g/mol. The third-order valence-corrected chi connectivity index (χ3v) is 9.90. The highest BCUT2D eigenvalue weighted by Crippen LogP contribution is 2.64. The van der Waals surface area contributed by atoms with Gasteiger partial charge in [0.25, 0.3) is 0 Å².